The van der Waals surface area contributed by atoms with E-state index in [1.807, 2.05) is 0 Å². The molecule has 0 bridgehead atoms. The molecule has 0 aliphatic carbocycles. The Morgan fingerprint density at radius 3 is 3.00 bits per heavy atom. The van der Waals surface area contributed by atoms with E-state index in [1.165, 1.54) is 4.90 Å². The number of likely N-dealkylation sites (N-methyl/N-ethyl adjacent to an activating group) is 1. The first-order chi connectivity index (χ1) is 5.65. The predicted molar refractivity (Wildman–Crippen MR) is 39.8 cm³/mol. The predicted octanol–water partition coefficient (Wildman–Crippen LogP) is 0.302. The van der Waals surface area contributed by atoms with Gasteiger partial charge in [0.2, 0.25) is 0 Å². The number of carbonyl (C=O) groups excluding carboxylic acids is 1. The van der Waals surface area contributed by atoms with Crippen LogP contribution >= 0.6 is 0 Å². The highest BCUT2D eigenvalue weighted by molar-refractivity contribution is 5.73. The molecule has 1 aliphatic rings. The average Bonchev–Trinajstić information content (AvgIpc) is 2.30. The second-order valence-corrected chi connectivity index (χ2v) is 2.61. The van der Waals surface area contributed by atoms with Crippen molar-refractivity contribution in [2.45, 2.75) is 19.4 Å². The molecule has 5 nitrogen and oxygen atoms in total. The van der Waals surface area contributed by atoms with Crippen LogP contribution in [0.15, 0.2) is 0 Å². The average molecular weight is 173 g/mol. The van der Waals surface area contributed by atoms with Crippen molar-refractivity contribution in [3.8, 4) is 0 Å². The van der Waals surface area contributed by atoms with Crippen molar-refractivity contribution in [3.63, 3.8) is 0 Å². The molecular formula is C7H11NO4. The lowest BCUT2D eigenvalue weighted by Crippen LogP contribution is -2.34. The van der Waals surface area contributed by atoms with Gasteiger partial charge in [0.05, 0.1) is 12.5 Å². The summed E-state index contributed by atoms with van der Waals surface area (Å²) >= 11 is 0. The molecule has 1 rings (SSSR count). The number of ether oxygens (including phenoxy) is 1. The summed E-state index contributed by atoms with van der Waals surface area (Å²) in [6.45, 7) is 2.48. The number of amides is 1. The summed E-state index contributed by atoms with van der Waals surface area (Å²) in [7, 11) is 0. The summed E-state index contributed by atoms with van der Waals surface area (Å²) in [6, 6.07) is -0.292. The molecule has 0 saturated carbocycles. The Bertz CT molecular complexity index is 204. The van der Waals surface area contributed by atoms with Gasteiger partial charge in [-0.25, -0.2) is 4.79 Å². The molecule has 0 aromatic carbocycles. The standard InChI is InChI=1S/C7H11NO4/c1-2-8-5(3-6(9)10)4-12-7(8)11/h5H,2-4H2,1H3,(H,9,10). The Kier molecular flexibility index (Phi) is 2.52. The van der Waals surface area contributed by atoms with E-state index < -0.39 is 12.1 Å². The van der Waals surface area contributed by atoms with Crippen molar-refractivity contribution in [2.24, 2.45) is 0 Å². The van der Waals surface area contributed by atoms with Crippen LogP contribution in [0, 0.1) is 0 Å². The number of carboxylic acids is 1. The monoisotopic (exact) mass is 173 g/mol. The molecule has 1 N–H and O–H groups in total. The van der Waals surface area contributed by atoms with Crippen LogP contribution in [0.25, 0.3) is 0 Å². The Hall–Kier alpha value is -1.26. The van der Waals surface area contributed by atoms with Gasteiger partial charge in [-0.15, -0.1) is 0 Å². The van der Waals surface area contributed by atoms with Crippen LogP contribution in [0.4, 0.5) is 4.79 Å². The van der Waals surface area contributed by atoms with E-state index >= 15 is 0 Å². The van der Waals surface area contributed by atoms with E-state index in [2.05, 4.69) is 0 Å². The lowest BCUT2D eigenvalue weighted by molar-refractivity contribution is -0.138. The van der Waals surface area contributed by atoms with Crippen molar-refractivity contribution in [2.75, 3.05) is 13.2 Å². The molecule has 1 amide bonds. The molecule has 5 heteroatoms. The van der Waals surface area contributed by atoms with Crippen LogP contribution in [0.1, 0.15) is 13.3 Å². The minimum atomic E-state index is -0.906. The molecule has 0 aromatic heterocycles. The fourth-order valence-corrected chi connectivity index (χ4v) is 1.25. The molecule has 0 radical (unpaired) electrons. The number of carboxylic acid groups (broad SMARTS) is 1. The van der Waals surface area contributed by atoms with Gasteiger partial charge in [-0.05, 0) is 6.92 Å². The number of carbonyl (C=O) groups is 2. The van der Waals surface area contributed by atoms with Gasteiger partial charge < -0.3 is 14.7 Å². The van der Waals surface area contributed by atoms with Gasteiger partial charge in [0, 0.05) is 6.54 Å². The second-order valence-electron chi connectivity index (χ2n) is 2.61. The molecule has 1 atom stereocenters. The SMILES string of the molecule is CCN1C(=O)OCC1CC(=O)O. The molecule has 1 saturated heterocycles. The van der Waals surface area contributed by atoms with Crippen LogP contribution in [0.2, 0.25) is 0 Å². The second kappa shape index (κ2) is 3.42. The third-order valence-electron chi connectivity index (χ3n) is 1.83. The van der Waals surface area contributed by atoms with Crippen molar-refractivity contribution in [3.05, 3.63) is 0 Å². The summed E-state index contributed by atoms with van der Waals surface area (Å²) in [5, 5.41) is 8.48. The van der Waals surface area contributed by atoms with Gasteiger partial charge in [-0.2, -0.15) is 0 Å². The fourth-order valence-electron chi connectivity index (χ4n) is 1.25. The van der Waals surface area contributed by atoms with E-state index in [9.17, 15) is 9.59 Å². The first-order valence-electron chi connectivity index (χ1n) is 3.80. The van der Waals surface area contributed by atoms with Crippen molar-refractivity contribution in [1.29, 1.82) is 0 Å². The van der Waals surface area contributed by atoms with Crippen LogP contribution in [0.5, 0.6) is 0 Å². The maximum Gasteiger partial charge on any atom is 0.410 e. The molecule has 1 unspecified atom stereocenters. The van der Waals surface area contributed by atoms with E-state index in [-0.39, 0.29) is 19.1 Å². The van der Waals surface area contributed by atoms with Crippen LogP contribution in [-0.2, 0) is 9.53 Å². The van der Waals surface area contributed by atoms with Gasteiger partial charge in [0.1, 0.15) is 6.61 Å². The summed E-state index contributed by atoms with van der Waals surface area (Å²) in [4.78, 5) is 22.7. The number of aliphatic carboxylic acids is 1. The minimum absolute atomic E-state index is 0.0421. The molecule has 1 heterocycles. The quantitative estimate of drug-likeness (QED) is 0.666. The Morgan fingerprint density at radius 1 is 1.83 bits per heavy atom. The van der Waals surface area contributed by atoms with Crippen LogP contribution in [0.3, 0.4) is 0 Å². The van der Waals surface area contributed by atoms with Crippen LogP contribution < -0.4 is 0 Å². The normalized spacial score (nSPS) is 22.6. The fraction of sp³-hybridized carbons (Fsp3) is 0.714. The molecule has 0 spiro atoms. The number of cyclic esters (lactones) is 1. The summed E-state index contributed by atoms with van der Waals surface area (Å²) in [6.07, 6.45) is -0.455. The Balaban J connectivity index is 2.54. The first kappa shape index (κ1) is 8.83. The zero-order valence-corrected chi connectivity index (χ0v) is 6.82. The third-order valence-corrected chi connectivity index (χ3v) is 1.83. The van der Waals surface area contributed by atoms with E-state index in [4.69, 9.17) is 9.84 Å². The maximum atomic E-state index is 10.9. The number of rotatable bonds is 3. The van der Waals surface area contributed by atoms with Gasteiger partial charge >= 0.3 is 12.1 Å². The van der Waals surface area contributed by atoms with E-state index in [0.29, 0.717) is 6.54 Å². The highest BCUT2D eigenvalue weighted by Gasteiger charge is 2.32. The van der Waals surface area contributed by atoms with E-state index in [1.54, 1.807) is 6.92 Å². The first-order valence-corrected chi connectivity index (χ1v) is 3.80. The highest BCUT2D eigenvalue weighted by Crippen LogP contribution is 2.14. The van der Waals surface area contributed by atoms with E-state index in [0.717, 1.165) is 0 Å². The Morgan fingerprint density at radius 2 is 2.50 bits per heavy atom. The maximum absolute atomic E-state index is 10.9. The van der Waals surface area contributed by atoms with Crippen molar-refractivity contribution >= 4 is 12.1 Å². The van der Waals surface area contributed by atoms with Crippen molar-refractivity contribution < 1.29 is 19.4 Å². The van der Waals surface area contributed by atoms with Gasteiger partial charge in [0.25, 0.3) is 0 Å². The number of hydrogen-bond donors (Lipinski definition) is 1. The lowest BCUT2D eigenvalue weighted by Gasteiger charge is -2.16. The van der Waals surface area contributed by atoms with Crippen molar-refractivity contribution in [1.82, 2.24) is 4.90 Å². The Labute approximate surface area is 69.9 Å². The van der Waals surface area contributed by atoms with Gasteiger partial charge in [-0.3, -0.25) is 4.79 Å². The van der Waals surface area contributed by atoms with Gasteiger partial charge in [0.15, 0.2) is 0 Å². The smallest absolute Gasteiger partial charge is 0.410 e. The topological polar surface area (TPSA) is 66.8 Å². The zero-order valence-electron chi connectivity index (χ0n) is 6.82. The summed E-state index contributed by atoms with van der Waals surface area (Å²) in [5.74, 6) is -0.906. The molecule has 0 aromatic rings. The zero-order chi connectivity index (χ0) is 9.14. The molecule has 12 heavy (non-hydrogen) atoms. The lowest BCUT2D eigenvalue weighted by atomic mass is 10.2. The highest BCUT2D eigenvalue weighted by atomic mass is 16.6. The van der Waals surface area contributed by atoms with Gasteiger partial charge in [-0.1, -0.05) is 0 Å². The third kappa shape index (κ3) is 1.66. The summed E-state index contributed by atoms with van der Waals surface area (Å²) in [5.41, 5.74) is 0. The number of hydrogen-bond acceptors (Lipinski definition) is 3. The number of nitrogens with zero attached hydrogens (tertiary/aromatic N) is 1. The molecule has 1 fully saturated rings. The molecule has 1 aliphatic heterocycles. The van der Waals surface area contributed by atoms with Crippen LogP contribution in [-0.4, -0.2) is 41.3 Å². The summed E-state index contributed by atoms with van der Waals surface area (Å²) < 4.78 is 4.69. The molecular weight excluding hydrogens is 162 g/mol. The molecule has 68 valence electrons. The largest absolute Gasteiger partial charge is 0.481 e. The minimum Gasteiger partial charge on any atom is -0.481 e.